The number of sulfonamides is 1. The van der Waals surface area contributed by atoms with Gasteiger partial charge in [0.05, 0.1) is 16.8 Å². The molecule has 4 aromatic rings. The highest BCUT2D eigenvalue weighted by Gasteiger charge is 2.34. The summed E-state index contributed by atoms with van der Waals surface area (Å²) in [5.74, 6) is 1.00. The zero-order valence-electron chi connectivity index (χ0n) is 21.5. The number of alkyl halides is 3. The van der Waals surface area contributed by atoms with Gasteiger partial charge in [0.25, 0.3) is 10.0 Å². The molecule has 5 rings (SSSR count). The highest BCUT2D eigenvalue weighted by molar-refractivity contribution is 7.89. The molecule has 1 unspecified atom stereocenters. The number of piperazine rings is 1. The van der Waals surface area contributed by atoms with Crippen LogP contribution in [0, 0.1) is 13.8 Å². The van der Waals surface area contributed by atoms with Crippen LogP contribution in [0.5, 0.6) is 0 Å². The maximum absolute atomic E-state index is 13.4. The topological polar surface area (TPSA) is 118 Å². The molecule has 1 fully saturated rings. The summed E-state index contributed by atoms with van der Waals surface area (Å²) in [5, 5.41) is 7.18. The second-order valence-corrected chi connectivity index (χ2v) is 11.4. The summed E-state index contributed by atoms with van der Waals surface area (Å²) in [5.41, 5.74) is 0.499. The van der Waals surface area contributed by atoms with Crippen molar-refractivity contribution in [2.75, 3.05) is 38.0 Å². The maximum atomic E-state index is 13.4. The number of hydrogen-bond acceptors (Lipinski definition) is 9. The van der Waals surface area contributed by atoms with Crippen LogP contribution in [0.4, 0.5) is 19.0 Å². The van der Waals surface area contributed by atoms with E-state index in [0.29, 0.717) is 42.7 Å². The molecule has 1 atom stereocenters. The number of aromatic nitrogens is 3. The van der Waals surface area contributed by atoms with Gasteiger partial charge in [-0.2, -0.15) is 17.5 Å². The molecule has 0 spiro atoms. The second-order valence-electron chi connectivity index (χ2n) is 9.51. The summed E-state index contributed by atoms with van der Waals surface area (Å²) >= 11 is 0. The number of hydrogen-bond donors (Lipinski definition) is 1. The molecular weight excluding hydrogens is 537 g/mol. The average molecular weight is 565 g/mol. The third-order valence-electron chi connectivity index (χ3n) is 6.77. The van der Waals surface area contributed by atoms with Gasteiger partial charge in [-0.1, -0.05) is 11.2 Å². The lowest BCUT2D eigenvalue weighted by Crippen LogP contribution is -2.50. The maximum Gasteiger partial charge on any atom is 0.418 e. The predicted octanol–water partition coefficient (Wildman–Crippen LogP) is 4.32. The largest absolute Gasteiger partial charge is 0.440 e. The Balaban J connectivity index is 1.21. The zero-order chi connectivity index (χ0) is 27.9. The van der Waals surface area contributed by atoms with Crippen molar-refractivity contribution in [2.45, 2.75) is 38.1 Å². The molecule has 10 nitrogen and oxygen atoms in total. The van der Waals surface area contributed by atoms with Crippen LogP contribution in [0.3, 0.4) is 0 Å². The van der Waals surface area contributed by atoms with E-state index >= 15 is 0 Å². The summed E-state index contributed by atoms with van der Waals surface area (Å²) in [4.78, 5) is 10.1. The van der Waals surface area contributed by atoms with E-state index in [-0.39, 0.29) is 35.1 Å². The van der Waals surface area contributed by atoms with Crippen molar-refractivity contribution in [3.8, 4) is 11.5 Å². The molecule has 1 aliphatic rings. The van der Waals surface area contributed by atoms with Gasteiger partial charge >= 0.3 is 6.18 Å². The minimum Gasteiger partial charge on any atom is -0.440 e. The first-order valence-corrected chi connectivity index (χ1v) is 13.7. The van der Waals surface area contributed by atoms with Crippen LogP contribution in [0.1, 0.15) is 23.7 Å². The molecular formula is C25H27F3N6O4S. The number of halogens is 3. The van der Waals surface area contributed by atoms with Crippen LogP contribution in [-0.4, -0.2) is 71.5 Å². The summed E-state index contributed by atoms with van der Waals surface area (Å²) in [6.45, 7) is 7.51. The summed E-state index contributed by atoms with van der Waals surface area (Å²) in [6, 6.07) is 6.67. The molecule has 4 heterocycles. The van der Waals surface area contributed by atoms with Gasteiger partial charge in [0.2, 0.25) is 10.9 Å². The van der Waals surface area contributed by atoms with Crippen LogP contribution in [-0.2, 0) is 16.2 Å². The lowest BCUT2D eigenvalue weighted by molar-refractivity contribution is -0.136. The van der Waals surface area contributed by atoms with Crippen molar-refractivity contribution in [3.05, 3.63) is 53.5 Å². The van der Waals surface area contributed by atoms with Gasteiger partial charge in [-0.25, -0.2) is 18.4 Å². The first-order valence-electron chi connectivity index (χ1n) is 12.3. The molecule has 14 heteroatoms. The van der Waals surface area contributed by atoms with Crippen molar-refractivity contribution in [1.82, 2.24) is 24.3 Å². The fraction of sp³-hybridized carbons (Fsp3) is 0.400. The average Bonchev–Trinajstić information content (AvgIpc) is 3.51. The Morgan fingerprint density at radius 3 is 2.49 bits per heavy atom. The van der Waals surface area contributed by atoms with Crippen LogP contribution >= 0.6 is 0 Å². The van der Waals surface area contributed by atoms with Gasteiger partial charge in [0.1, 0.15) is 12.1 Å². The minimum absolute atomic E-state index is 0.164. The SMILES string of the molecule is Cc1noc(-c2ccc(S(=O)(=O)N3CCN(CC(C)Nc4ncnc5c(C(F)(F)F)cccc45)CC3)o2)c1C. The molecule has 39 heavy (non-hydrogen) atoms. The van der Waals surface area contributed by atoms with E-state index < -0.39 is 21.8 Å². The smallest absolute Gasteiger partial charge is 0.418 e. The number of fused-ring (bicyclic) bond motifs is 1. The van der Waals surface area contributed by atoms with Crippen LogP contribution in [0.25, 0.3) is 22.4 Å². The second kappa shape index (κ2) is 10.2. The zero-order valence-corrected chi connectivity index (χ0v) is 22.3. The molecule has 0 saturated carbocycles. The third-order valence-corrected chi connectivity index (χ3v) is 8.55. The number of nitrogens with one attached hydrogen (secondary N) is 1. The summed E-state index contributed by atoms with van der Waals surface area (Å²) in [6.07, 6.45) is -3.41. The van der Waals surface area contributed by atoms with Gasteiger partial charge < -0.3 is 14.3 Å². The molecule has 1 saturated heterocycles. The van der Waals surface area contributed by atoms with Crippen molar-refractivity contribution in [1.29, 1.82) is 0 Å². The van der Waals surface area contributed by atoms with Crippen LogP contribution in [0.2, 0.25) is 0 Å². The van der Waals surface area contributed by atoms with Gasteiger partial charge in [-0.3, -0.25) is 4.90 Å². The van der Waals surface area contributed by atoms with E-state index in [1.807, 2.05) is 13.8 Å². The van der Waals surface area contributed by atoms with Crippen LogP contribution < -0.4 is 5.32 Å². The van der Waals surface area contributed by atoms with E-state index in [1.165, 1.54) is 16.4 Å². The Labute approximate surface area is 222 Å². The Morgan fingerprint density at radius 2 is 1.82 bits per heavy atom. The standard InChI is InChI=1S/C25H27F3N6O4S/c1-15(31-24-18-5-4-6-19(25(26,27)28)22(18)29-14-30-24)13-33-9-11-34(12-10-33)39(35,36)21-8-7-20(37-21)23-16(2)17(3)32-38-23/h4-8,14-15H,9-13H2,1-3H3,(H,29,30,31). The number of anilines is 1. The van der Waals surface area contributed by atoms with E-state index in [9.17, 15) is 21.6 Å². The normalized spacial score (nSPS) is 16.6. The molecule has 1 aliphatic heterocycles. The summed E-state index contributed by atoms with van der Waals surface area (Å²) < 4.78 is 78.8. The van der Waals surface area contributed by atoms with Crippen LogP contribution in [0.15, 0.2) is 50.7 Å². The summed E-state index contributed by atoms with van der Waals surface area (Å²) in [7, 11) is -3.84. The Bertz CT molecular complexity index is 1590. The molecule has 208 valence electrons. The predicted molar refractivity (Wildman–Crippen MR) is 137 cm³/mol. The molecule has 0 amide bonds. The van der Waals surface area contributed by atoms with Gasteiger partial charge in [-0.05, 0) is 45.0 Å². The Hall–Kier alpha value is -3.49. The fourth-order valence-electron chi connectivity index (χ4n) is 4.60. The number of furan rings is 1. The van der Waals surface area contributed by atoms with Crippen molar-refractivity contribution in [2.24, 2.45) is 0 Å². The van der Waals surface area contributed by atoms with Crippen molar-refractivity contribution >= 4 is 26.7 Å². The quantitative estimate of drug-likeness (QED) is 0.350. The third kappa shape index (κ3) is 5.36. The molecule has 0 bridgehead atoms. The molecule has 0 radical (unpaired) electrons. The van der Waals surface area contributed by atoms with E-state index in [0.717, 1.165) is 18.0 Å². The molecule has 1 aromatic carbocycles. The number of rotatable bonds is 7. The number of aryl methyl sites for hydroxylation is 1. The Morgan fingerprint density at radius 1 is 1.08 bits per heavy atom. The van der Waals surface area contributed by atoms with Crippen molar-refractivity contribution < 1.29 is 30.5 Å². The van der Waals surface area contributed by atoms with E-state index in [1.54, 1.807) is 19.1 Å². The number of para-hydroxylation sites is 1. The van der Waals surface area contributed by atoms with Gasteiger partial charge in [0.15, 0.2) is 5.76 Å². The molecule has 3 aromatic heterocycles. The molecule has 0 aliphatic carbocycles. The lowest BCUT2D eigenvalue weighted by atomic mass is 10.1. The highest BCUT2D eigenvalue weighted by Crippen LogP contribution is 2.35. The lowest BCUT2D eigenvalue weighted by Gasteiger charge is -2.35. The highest BCUT2D eigenvalue weighted by atomic mass is 32.2. The van der Waals surface area contributed by atoms with Gasteiger partial charge in [-0.15, -0.1) is 0 Å². The van der Waals surface area contributed by atoms with Crippen molar-refractivity contribution in [3.63, 3.8) is 0 Å². The van der Waals surface area contributed by atoms with Gasteiger partial charge in [0, 0.05) is 49.7 Å². The number of benzene rings is 1. The molecule has 1 N–H and O–H groups in total. The monoisotopic (exact) mass is 564 g/mol. The Kier molecular flexibility index (Phi) is 7.11. The minimum atomic E-state index is -4.53. The first-order chi connectivity index (χ1) is 18.4. The first kappa shape index (κ1) is 27.1. The number of nitrogens with zero attached hydrogens (tertiary/aromatic N) is 5. The van der Waals surface area contributed by atoms with E-state index in [2.05, 4.69) is 25.3 Å². The fourth-order valence-corrected chi connectivity index (χ4v) is 5.94. The van der Waals surface area contributed by atoms with E-state index in [4.69, 9.17) is 8.94 Å².